The lowest BCUT2D eigenvalue weighted by Crippen LogP contribution is -2.39. The van der Waals surface area contributed by atoms with Crippen LogP contribution in [-0.2, 0) is 14.8 Å². The van der Waals surface area contributed by atoms with E-state index in [0.29, 0.717) is 12.0 Å². The summed E-state index contributed by atoms with van der Waals surface area (Å²) in [5, 5.41) is -0.668. The molecule has 0 fully saturated rings. The Hall–Kier alpha value is -1.70. The summed E-state index contributed by atoms with van der Waals surface area (Å²) in [6.45, 7) is 1.86. The highest BCUT2D eigenvalue weighted by Crippen LogP contribution is 2.22. The zero-order valence-electron chi connectivity index (χ0n) is 11.9. The summed E-state index contributed by atoms with van der Waals surface area (Å²) in [4.78, 5) is 15.5. The van der Waals surface area contributed by atoms with Crippen LogP contribution in [0.15, 0.2) is 53.6 Å². The first-order chi connectivity index (χ1) is 10.4. The molecule has 22 heavy (non-hydrogen) atoms. The van der Waals surface area contributed by atoms with Crippen molar-refractivity contribution >= 4 is 28.9 Å². The van der Waals surface area contributed by atoms with E-state index >= 15 is 0 Å². The van der Waals surface area contributed by atoms with Gasteiger partial charge in [0, 0.05) is 6.20 Å². The van der Waals surface area contributed by atoms with E-state index < -0.39 is 21.3 Å². The largest absolute Gasteiger partial charge is 0.302 e. The number of hydrogen-bond acceptors (Lipinski definition) is 5. The molecule has 0 spiro atoms. The second kappa shape index (κ2) is 7.04. The van der Waals surface area contributed by atoms with Crippen molar-refractivity contribution in [2.24, 2.45) is 0 Å². The Kier molecular flexibility index (Phi) is 5.33. The van der Waals surface area contributed by atoms with Crippen molar-refractivity contribution < 1.29 is 13.2 Å². The van der Waals surface area contributed by atoms with Crippen molar-refractivity contribution in [1.29, 1.82) is 0 Å². The van der Waals surface area contributed by atoms with E-state index in [1.54, 1.807) is 36.5 Å². The third-order valence-electron chi connectivity index (χ3n) is 3.10. The van der Waals surface area contributed by atoms with Gasteiger partial charge in [-0.1, -0.05) is 23.8 Å². The van der Waals surface area contributed by atoms with Gasteiger partial charge in [-0.2, -0.15) is 17.4 Å². The van der Waals surface area contributed by atoms with Crippen molar-refractivity contribution in [3.63, 3.8) is 0 Å². The highest BCUT2D eigenvalue weighted by Gasteiger charge is 2.26. The van der Waals surface area contributed by atoms with Gasteiger partial charge in [0.25, 0.3) is 0 Å². The predicted molar refractivity (Wildman–Crippen MR) is 87.3 cm³/mol. The lowest BCUT2D eigenvalue weighted by molar-refractivity contribution is -0.109. The van der Waals surface area contributed by atoms with Gasteiger partial charge >= 0.3 is 0 Å². The molecule has 0 saturated carbocycles. The lowest BCUT2D eigenvalue weighted by Gasteiger charge is -2.19. The van der Waals surface area contributed by atoms with Gasteiger partial charge in [-0.3, -0.25) is 4.98 Å². The number of hydrogen-bond donors (Lipinski definition) is 2. The van der Waals surface area contributed by atoms with Crippen LogP contribution in [-0.4, -0.2) is 25.7 Å². The Morgan fingerprint density at radius 2 is 1.86 bits per heavy atom. The quantitative estimate of drug-likeness (QED) is 0.624. The van der Waals surface area contributed by atoms with Gasteiger partial charge in [0.2, 0.25) is 10.0 Å². The average Bonchev–Trinajstić information content (AvgIpc) is 2.53. The molecule has 0 aliphatic heterocycles. The summed E-state index contributed by atoms with van der Waals surface area (Å²) in [7, 11) is -3.80. The molecular weight excluding hydrogens is 320 g/mol. The molecule has 0 aliphatic carbocycles. The molecule has 5 nitrogen and oxygen atoms in total. The van der Waals surface area contributed by atoms with Crippen LogP contribution in [0.3, 0.4) is 0 Å². The molecule has 1 heterocycles. The number of carbonyl (C=O) groups excluding carboxylic acids is 1. The van der Waals surface area contributed by atoms with Gasteiger partial charge in [-0.25, -0.2) is 8.42 Å². The Balaban J connectivity index is 2.22. The number of nitrogens with zero attached hydrogens (tertiary/aromatic N) is 1. The standard InChI is InChI=1S/C15H16N2O3S2/c1-11-5-7-12(8-6-11)22(19,20)17-14(10-18)15(21)13-4-2-3-9-16-13/h2-10,14-15,17,21H,1H3. The topological polar surface area (TPSA) is 76.1 Å². The summed E-state index contributed by atoms with van der Waals surface area (Å²) in [6, 6.07) is 10.5. The van der Waals surface area contributed by atoms with E-state index in [-0.39, 0.29) is 4.90 Å². The van der Waals surface area contributed by atoms with Gasteiger partial charge in [0.15, 0.2) is 0 Å². The smallest absolute Gasteiger partial charge is 0.241 e. The predicted octanol–water partition coefficient (Wildman–Crippen LogP) is 1.91. The third-order valence-corrected chi connectivity index (χ3v) is 5.16. The number of sulfonamides is 1. The van der Waals surface area contributed by atoms with Gasteiger partial charge in [0.05, 0.1) is 21.9 Å². The van der Waals surface area contributed by atoms with E-state index in [1.807, 2.05) is 6.92 Å². The molecule has 0 amide bonds. The van der Waals surface area contributed by atoms with E-state index in [0.717, 1.165) is 5.56 Å². The molecule has 2 atom stereocenters. The van der Waals surface area contributed by atoms with E-state index in [9.17, 15) is 13.2 Å². The van der Waals surface area contributed by atoms with Crippen LogP contribution < -0.4 is 4.72 Å². The number of pyridine rings is 1. The van der Waals surface area contributed by atoms with Crippen molar-refractivity contribution in [3.05, 3.63) is 59.9 Å². The normalized spacial score (nSPS) is 14.3. The maximum atomic E-state index is 12.3. The van der Waals surface area contributed by atoms with E-state index in [4.69, 9.17) is 0 Å². The number of benzene rings is 1. The molecule has 1 N–H and O–H groups in total. The molecule has 2 rings (SSSR count). The Bertz CT molecular complexity index is 731. The molecule has 7 heteroatoms. The number of aromatic nitrogens is 1. The maximum absolute atomic E-state index is 12.3. The number of aldehydes is 1. The van der Waals surface area contributed by atoms with Crippen molar-refractivity contribution in [1.82, 2.24) is 9.71 Å². The number of thiol groups is 1. The number of nitrogens with one attached hydrogen (secondary N) is 1. The van der Waals surface area contributed by atoms with Gasteiger partial charge in [0.1, 0.15) is 6.29 Å². The summed E-state index contributed by atoms with van der Waals surface area (Å²) in [5.74, 6) is 0. The molecule has 2 unspecified atom stereocenters. The lowest BCUT2D eigenvalue weighted by atomic mass is 10.1. The zero-order valence-corrected chi connectivity index (χ0v) is 13.6. The Morgan fingerprint density at radius 1 is 1.18 bits per heavy atom. The van der Waals surface area contributed by atoms with E-state index in [2.05, 4.69) is 22.3 Å². The van der Waals surface area contributed by atoms with Crippen LogP contribution in [0.4, 0.5) is 0 Å². The van der Waals surface area contributed by atoms with Crippen LogP contribution in [0.25, 0.3) is 0 Å². The second-order valence-corrected chi connectivity index (χ2v) is 7.07. The van der Waals surface area contributed by atoms with Crippen molar-refractivity contribution in [2.45, 2.75) is 23.1 Å². The maximum Gasteiger partial charge on any atom is 0.241 e. The minimum atomic E-state index is -3.80. The monoisotopic (exact) mass is 336 g/mol. The minimum Gasteiger partial charge on any atom is -0.302 e. The van der Waals surface area contributed by atoms with Gasteiger partial charge < -0.3 is 4.79 Å². The van der Waals surface area contributed by atoms with Gasteiger partial charge in [-0.15, -0.1) is 0 Å². The number of aryl methyl sites for hydroxylation is 1. The molecule has 0 saturated heterocycles. The molecule has 1 aromatic carbocycles. The summed E-state index contributed by atoms with van der Waals surface area (Å²) in [6.07, 6.45) is 2.09. The van der Waals surface area contributed by atoms with Crippen LogP contribution in [0.2, 0.25) is 0 Å². The zero-order chi connectivity index (χ0) is 16.2. The fourth-order valence-corrected chi connectivity index (χ4v) is 3.44. The molecule has 2 aromatic rings. The van der Waals surface area contributed by atoms with Gasteiger partial charge in [-0.05, 0) is 31.2 Å². The van der Waals surface area contributed by atoms with Crippen molar-refractivity contribution in [2.75, 3.05) is 0 Å². The highest BCUT2D eigenvalue weighted by atomic mass is 32.2. The fourth-order valence-electron chi connectivity index (χ4n) is 1.87. The molecular formula is C15H16N2O3S2. The van der Waals surface area contributed by atoms with Crippen LogP contribution in [0.5, 0.6) is 0 Å². The summed E-state index contributed by atoms with van der Waals surface area (Å²) in [5.41, 5.74) is 1.47. The SMILES string of the molecule is Cc1ccc(S(=O)(=O)NC(C=O)C(S)c2ccccn2)cc1. The average molecular weight is 336 g/mol. The van der Waals surface area contributed by atoms with Crippen LogP contribution in [0, 0.1) is 6.92 Å². The van der Waals surface area contributed by atoms with Crippen molar-refractivity contribution in [3.8, 4) is 0 Å². The first-order valence-electron chi connectivity index (χ1n) is 6.57. The number of carbonyl (C=O) groups is 1. The minimum absolute atomic E-state index is 0.103. The summed E-state index contributed by atoms with van der Waals surface area (Å²) < 4.78 is 27.0. The summed E-state index contributed by atoms with van der Waals surface area (Å²) >= 11 is 4.31. The molecule has 116 valence electrons. The first-order valence-corrected chi connectivity index (χ1v) is 8.57. The molecule has 0 bridgehead atoms. The fraction of sp³-hybridized carbons (Fsp3) is 0.200. The van der Waals surface area contributed by atoms with Crippen LogP contribution in [0.1, 0.15) is 16.5 Å². The first kappa shape index (κ1) is 16.7. The molecule has 0 radical (unpaired) electrons. The second-order valence-electron chi connectivity index (χ2n) is 4.80. The van der Waals surface area contributed by atoms with E-state index in [1.165, 1.54) is 12.1 Å². The van der Waals surface area contributed by atoms with Crippen LogP contribution >= 0.6 is 12.6 Å². The molecule has 0 aliphatic rings. The Morgan fingerprint density at radius 3 is 2.41 bits per heavy atom. The molecule has 1 aromatic heterocycles. The Labute approximate surface area is 135 Å². The third kappa shape index (κ3) is 3.94. The highest BCUT2D eigenvalue weighted by molar-refractivity contribution is 7.89. The number of rotatable bonds is 6.